The number of amides is 2. The van der Waals surface area contributed by atoms with Gasteiger partial charge in [-0.3, -0.25) is 4.90 Å². The monoisotopic (exact) mass is 350 g/mol. The smallest absolute Gasteiger partial charge is 0.318 e. The number of primary amides is 1. The van der Waals surface area contributed by atoms with Crippen LogP contribution in [-0.4, -0.2) is 13.1 Å². The van der Waals surface area contributed by atoms with Gasteiger partial charge >= 0.3 is 6.03 Å². The molecule has 0 aromatic heterocycles. The topological polar surface area (TPSA) is 46.3 Å². The first-order valence-electron chi connectivity index (χ1n) is 8.93. The lowest BCUT2D eigenvalue weighted by Crippen LogP contribution is -2.31. The van der Waals surface area contributed by atoms with Crippen molar-refractivity contribution in [3.05, 3.63) is 78.9 Å². The molecule has 0 aliphatic carbocycles. The van der Waals surface area contributed by atoms with E-state index in [0.717, 1.165) is 16.5 Å². The van der Waals surface area contributed by atoms with Crippen molar-refractivity contribution in [2.45, 2.75) is 0 Å². The summed E-state index contributed by atoms with van der Waals surface area (Å²) in [5.74, 6) is 0. The second-order valence-corrected chi connectivity index (χ2v) is 6.91. The molecule has 5 aromatic carbocycles. The van der Waals surface area contributed by atoms with Crippen LogP contribution in [0, 0.1) is 0 Å². The third kappa shape index (κ3) is 2.32. The third-order valence-corrected chi connectivity index (χ3v) is 5.44. The van der Waals surface area contributed by atoms with Gasteiger partial charge < -0.3 is 5.73 Å². The molecule has 2 amide bonds. The predicted molar refractivity (Wildman–Crippen MR) is 114 cm³/mol. The van der Waals surface area contributed by atoms with Crippen molar-refractivity contribution in [1.82, 2.24) is 0 Å². The minimum Gasteiger partial charge on any atom is -0.351 e. The molecule has 5 aromatic rings. The molecule has 0 aliphatic rings. The van der Waals surface area contributed by atoms with Crippen molar-refractivity contribution in [3.63, 3.8) is 0 Å². The highest BCUT2D eigenvalue weighted by molar-refractivity contribution is 6.22. The standard InChI is InChI=1S/C24H18N2O/c1-26(24(25)27)17-9-6-16-8-11-21-20-10-7-15-4-2-3-5-18(15)19(20)12-13-22(21)23(16)14-17/h2-14H,1H3,(H2,25,27). The van der Waals surface area contributed by atoms with Crippen LogP contribution >= 0.6 is 0 Å². The Morgan fingerprint density at radius 3 is 1.89 bits per heavy atom. The van der Waals surface area contributed by atoms with Crippen molar-refractivity contribution in [2.75, 3.05) is 11.9 Å². The molecule has 0 heterocycles. The maximum absolute atomic E-state index is 11.5. The SMILES string of the molecule is CN(C(N)=O)c1ccc2ccc3c(ccc4c5ccccc5ccc43)c2c1. The number of fused-ring (bicyclic) bond motifs is 7. The lowest BCUT2D eigenvalue weighted by molar-refractivity contribution is 0.255. The fourth-order valence-electron chi connectivity index (χ4n) is 3.96. The highest BCUT2D eigenvalue weighted by Crippen LogP contribution is 2.35. The number of nitrogens with zero attached hydrogens (tertiary/aromatic N) is 1. The molecule has 0 atom stereocenters. The summed E-state index contributed by atoms with van der Waals surface area (Å²) in [5, 5.41) is 9.65. The van der Waals surface area contributed by atoms with E-state index in [0.29, 0.717) is 0 Å². The van der Waals surface area contributed by atoms with E-state index in [9.17, 15) is 4.79 Å². The average Bonchev–Trinajstić information content (AvgIpc) is 2.71. The molecule has 0 fully saturated rings. The van der Waals surface area contributed by atoms with Crippen molar-refractivity contribution in [1.29, 1.82) is 0 Å². The quantitative estimate of drug-likeness (QED) is 0.381. The van der Waals surface area contributed by atoms with Crippen molar-refractivity contribution < 1.29 is 4.79 Å². The molecule has 0 aliphatic heterocycles. The number of rotatable bonds is 1. The number of nitrogens with two attached hydrogens (primary N) is 1. The Morgan fingerprint density at radius 2 is 1.19 bits per heavy atom. The second kappa shape index (κ2) is 5.71. The van der Waals surface area contributed by atoms with Gasteiger partial charge in [-0.05, 0) is 55.2 Å². The number of anilines is 1. The summed E-state index contributed by atoms with van der Waals surface area (Å²) in [4.78, 5) is 13.0. The molecule has 0 radical (unpaired) electrons. The average molecular weight is 350 g/mol. The zero-order valence-electron chi connectivity index (χ0n) is 14.9. The van der Waals surface area contributed by atoms with Gasteiger partial charge in [0.15, 0.2) is 0 Å². The number of hydrogen-bond acceptors (Lipinski definition) is 1. The van der Waals surface area contributed by atoms with Crippen molar-refractivity contribution in [3.8, 4) is 0 Å². The number of carbonyl (C=O) groups is 1. The van der Waals surface area contributed by atoms with Gasteiger partial charge in [0.05, 0.1) is 0 Å². The van der Waals surface area contributed by atoms with E-state index in [-0.39, 0.29) is 0 Å². The van der Waals surface area contributed by atoms with Crippen molar-refractivity contribution >= 4 is 54.8 Å². The number of urea groups is 1. The zero-order valence-corrected chi connectivity index (χ0v) is 14.9. The Morgan fingerprint density at radius 1 is 0.667 bits per heavy atom. The maximum Gasteiger partial charge on any atom is 0.318 e. The Kier molecular flexibility index (Phi) is 3.31. The van der Waals surface area contributed by atoms with Crippen LogP contribution in [0.1, 0.15) is 0 Å². The fourth-order valence-corrected chi connectivity index (χ4v) is 3.96. The van der Waals surface area contributed by atoms with Crippen LogP contribution in [-0.2, 0) is 0 Å². The molecule has 3 nitrogen and oxygen atoms in total. The van der Waals surface area contributed by atoms with Crippen LogP contribution in [0.3, 0.4) is 0 Å². The first kappa shape index (κ1) is 15.6. The first-order chi connectivity index (χ1) is 13.1. The van der Waals surface area contributed by atoms with Gasteiger partial charge in [0.2, 0.25) is 0 Å². The summed E-state index contributed by atoms with van der Waals surface area (Å²) in [7, 11) is 1.69. The minimum atomic E-state index is -0.466. The van der Waals surface area contributed by atoms with Crippen LogP contribution in [0.25, 0.3) is 43.1 Å². The lowest BCUT2D eigenvalue weighted by Gasteiger charge is -2.16. The number of hydrogen-bond donors (Lipinski definition) is 1. The van der Waals surface area contributed by atoms with E-state index in [4.69, 9.17) is 5.73 Å². The minimum absolute atomic E-state index is 0.466. The van der Waals surface area contributed by atoms with Gasteiger partial charge in [0.1, 0.15) is 0 Å². The van der Waals surface area contributed by atoms with E-state index in [2.05, 4.69) is 60.7 Å². The molecule has 0 saturated heterocycles. The van der Waals surface area contributed by atoms with Crippen LogP contribution in [0.15, 0.2) is 78.9 Å². The fraction of sp³-hybridized carbons (Fsp3) is 0.0417. The molecule has 0 spiro atoms. The number of carbonyl (C=O) groups excluding carboxylic acids is 1. The second-order valence-electron chi connectivity index (χ2n) is 6.91. The van der Waals surface area contributed by atoms with Gasteiger partial charge in [-0.15, -0.1) is 0 Å². The molecule has 0 unspecified atom stereocenters. The Hall–Kier alpha value is -3.59. The predicted octanol–water partition coefficient (Wildman–Crippen LogP) is 5.81. The van der Waals surface area contributed by atoms with Crippen LogP contribution in [0.2, 0.25) is 0 Å². The summed E-state index contributed by atoms with van der Waals surface area (Å²) < 4.78 is 0. The van der Waals surface area contributed by atoms with Gasteiger partial charge in [-0.2, -0.15) is 0 Å². The van der Waals surface area contributed by atoms with Crippen LogP contribution in [0.4, 0.5) is 10.5 Å². The molecule has 0 saturated carbocycles. The highest BCUT2D eigenvalue weighted by atomic mass is 16.2. The van der Waals surface area contributed by atoms with Crippen LogP contribution < -0.4 is 10.6 Å². The van der Waals surface area contributed by atoms with Gasteiger partial charge in [0, 0.05) is 12.7 Å². The molecule has 0 bridgehead atoms. The molecule has 3 heteroatoms. The molecule has 2 N–H and O–H groups in total. The Balaban J connectivity index is 1.87. The molecule has 27 heavy (non-hydrogen) atoms. The summed E-state index contributed by atoms with van der Waals surface area (Å²) in [6.07, 6.45) is 0. The maximum atomic E-state index is 11.5. The van der Waals surface area contributed by atoms with E-state index >= 15 is 0 Å². The van der Waals surface area contributed by atoms with E-state index in [1.807, 2.05) is 18.2 Å². The summed E-state index contributed by atoms with van der Waals surface area (Å²) >= 11 is 0. The number of benzene rings is 5. The van der Waals surface area contributed by atoms with E-state index in [1.54, 1.807) is 7.05 Å². The normalized spacial score (nSPS) is 11.4. The molecular weight excluding hydrogens is 332 g/mol. The Labute approximate surface area is 156 Å². The molecule has 5 rings (SSSR count). The van der Waals surface area contributed by atoms with Gasteiger partial charge in [0.25, 0.3) is 0 Å². The van der Waals surface area contributed by atoms with E-state index < -0.39 is 6.03 Å². The van der Waals surface area contributed by atoms with E-state index in [1.165, 1.54) is 37.2 Å². The van der Waals surface area contributed by atoms with Gasteiger partial charge in [-0.25, -0.2) is 4.79 Å². The molecule has 130 valence electrons. The van der Waals surface area contributed by atoms with Crippen LogP contribution in [0.5, 0.6) is 0 Å². The Bertz CT molecular complexity index is 1370. The van der Waals surface area contributed by atoms with Crippen molar-refractivity contribution in [2.24, 2.45) is 5.73 Å². The summed E-state index contributed by atoms with van der Waals surface area (Å²) in [6, 6.07) is 27.1. The first-order valence-corrected chi connectivity index (χ1v) is 8.93. The third-order valence-electron chi connectivity index (χ3n) is 5.44. The summed E-state index contributed by atoms with van der Waals surface area (Å²) in [5.41, 5.74) is 6.23. The van der Waals surface area contributed by atoms with Gasteiger partial charge in [-0.1, -0.05) is 66.7 Å². The zero-order chi connectivity index (χ0) is 18.5. The highest BCUT2D eigenvalue weighted by Gasteiger charge is 2.10. The largest absolute Gasteiger partial charge is 0.351 e. The summed E-state index contributed by atoms with van der Waals surface area (Å²) in [6.45, 7) is 0. The molecular formula is C24H18N2O. The lowest BCUT2D eigenvalue weighted by atomic mass is 9.94.